The molecule has 0 radical (unpaired) electrons. The molecule has 6 heteroatoms. The van der Waals surface area contributed by atoms with Gasteiger partial charge in [0.05, 0.1) is 18.1 Å². The summed E-state index contributed by atoms with van der Waals surface area (Å²) in [5.41, 5.74) is 2.85. The number of nitrogens with one attached hydrogen (secondary N) is 1. The number of carbonyl (C=O) groups excluding carboxylic acids is 2. The van der Waals surface area contributed by atoms with Crippen LogP contribution in [-0.4, -0.2) is 61.8 Å². The Kier molecular flexibility index (Phi) is 5.69. The highest BCUT2D eigenvalue weighted by Gasteiger charge is 2.50. The number of amides is 2. The van der Waals surface area contributed by atoms with Crippen LogP contribution in [0, 0.1) is 25.7 Å². The predicted octanol–water partition coefficient (Wildman–Crippen LogP) is 2.08. The molecular formula is C22H30N2O4. The van der Waals surface area contributed by atoms with Gasteiger partial charge >= 0.3 is 0 Å². The Bertz CT molecular complexity index is 724. The van der Waals surface area contributed by atoms with E-state index in [-0.39, 0.29) is 29.9 Å². The third-order valence-corrected chi connectivity index (χ3v) is 6.27. The second-order valence-electron chi connectivity index (χ2n) is 8.43. The number of nitrogens with zero attached hydrogens (tertiary/aromatic N) is 1. The van der Waals surface area contributed by atoms with Gasteiger partial charge in [0.1, 0.15) is 0 Å². The smallest absolute Gasteiger partial charge is 0.254 e. The van der Waals surface area contributed by atoms with Crippen LogP contribution in [0.4, 0.5) is 0 Å². The molecule has 4 rings (SSSR count). The molecule has 3 fully saturated rings. The van der Waals surface area contributed by atoms with Gasteiger partial charge in [0.25, 0.3) is 5.91 Å². The molecule has 0 bridgehead atoms. The van der Waals surface area contributed by atoms with Gasteiger partial charge in [-0.1, -0.05) is 17.2 Å². The summed E-state index contributed by atoms with van der Waals surface area (Å²) in [6, 6.07) is 5.92. The molecule has 3 saturated heterocycles. The maximum Gasteiger partial charge on any atom is 0.254 e. The summed E-state index contributed by atoms with van der Waals surface area (Å²) in [4.78, 5) is 27.9. The minimum absolute atomic E-state index is 0.00651. The number of aryl methyl sites for hydroxylation is 2. The molecule has 1 aromatic rings. The van der Waals surface area contributed by atoms with Crippen molar-refractivity contribution >= 4 is 11.8 Å². The normalized spacial score (nSPS) is 27.6. The third-order valence-electron chi connectivity index (χ3n) is 6.27. The minimum atomic E-state index is -0.290. The zero-order valence-electron chi connectivity index (χ0n) is 16.8. The van der Waals surface area contributed by atoms with E-state index in [9.17, 15) is 9.59 Å². The zero-order valence-corrected chi connectivity index (χ0v) is 16.8. The lowest BCUT2D eigenvalue weighted by Crippen LogP contribution is -2.40. The highest BCUT2D eigenvalue weighted by molar-refractivity contribution is 5.96. The fourth-order valence-corrected chi connectivity index (χ4v) is 4.83. The lowest BCUT2D eigenvalue weighted by Gasteiger charge is -2.23. The topological polar surface area (TPSA) is 67.9 Å². The summed E-state index contributed by atoms with van der Waals surface area (Å²) >= 11 is 0. The van der Waals surface area contributed by atoms with Crippen molar-refractivity contribution < 1.29 is 19.1 Å². The highest BCUT2D eigenvalue weighted by atomic mass is 16.5. The van der Waals surface area contributed by atoms with Crippen LogP contribution in [0.5, 0.6) is 0 Å². The van der Waals surface area contributed by atoms with Crippen molar-refractivity contribution in [2.24, 2.45) is 11.8 Å². The molecule has 2 amide bonds. The van der Waals surface area contributed by atoms with E-state index in [4.69, 9.17) is 9.47 Å². The van der Waals surface area contributed by atoms with Gasteiger partial charge in [-0.15, -0.1) is 0 Å². The average molecular weight is 386 g/mol. The van der Waals surface area contributed by atoms with Crippen molar-refractivity contribution in [2.45, 2.75) is 45.3 Å². The van der Waals surface area contributed by atoms with Crippen LogP contribution in [0.3, 0.4) is 0 Å². The van der Waals surface area contributed by atoms with Crippen LogP contribution in [0.25, 0.3) is 0 Å². The number of ether oxygens (including phenoxy) is 2. The molecule has 6 nitrogen and oxygen atoms in total. The summed E-state index contributed by atoms with van der Waals surface area (Å²) in [6.07, 6.45) is 2.59. The minimum Gasteiger partial charge on any atom is -0.381 e. The molecule has 1 N–H and O–H groups in total. The maximum absolute atomic E-state index is 13.2. The fourth-order valence-electron chi connectivity index (χ4n) is 4.83. The van der Waals surface area contributed by atoms with Gasteiger partial charge in [-0.05, 0) is 51.2 Å². The van der Waals surface area contributed by atoms with Gasteiger partial charge in [-0.25, -0.2) is 0 Å². The van der Waals surface area contributed by atoms with E-state index in [1.54, 1.807) is 0 Å². The van der Waals surface area contributed by atoms with Crippen LogP contribution in [0.15, 0.2) is 18.2 Å². The van der Waals surface area contributed by atoms with Gasteiger partial charge in [0.15, 0.2) is 0 Å². The van der Waals surface area contributed by atoms with Gasteiger partial charge in [-0.3, -0.25) is 9.59 Å². The van der Waals surface area contributed by atoms with Gasteiger partial charge in [-0.2, -0.15) is 0 Å². The Hall–Kier alpha value is -1.92. The van der Waals surface area contributed by atoms with E-state index in [0.29, 0.717) is 31.2 Å². The molecule has 0 aromatic heterocycles. The monoisotopic (exact) mass is 386 g/mol. The van der Waals surface area contributed by atoms with Gasteiger partial charge in [0.2, 0.25) is 5.91 Å². The third kappa shape index (κ3) is 3.94. The Labute approximate surface area is 166 Å². The molecule has 0 unspecified atom stereocenters. The van der Waals surface area contributed by atoms with Crippen LogP contribution in [-0.2, 0) is 14.3 Å². The standard InChI is InChI=1S/C22H30N2O4/c1-14-9-15(2)11-17(10-14)22(26)24-13-18(20-19(24)5-8-28-20)21(25)23-12-16-3-6-27-7-4-16/h9-11,16,18-20H,3-8,12-13H2,1-2H3,(H,23,25)/t18-,19+,20+/m0/s1. The molecule has 152 valence electrons. The van der Waals surface area contributed by atoms with Crippen LogP contribution >= 0.6 is 0 Å². The lowest BCUT2D eigenvalue weighted by molar-refractivity contribution is -0.128. The lowest BCUT2D eigenvalue weighted by atomic mass is 9.98. The Morgan fingerprint density at radius 3 is 2.50 bits per heavy atom. The predicted molar refractivity (Wildman–Crippen MR) is 105 cm³/mol. The van der Waals surface area contributed by atoms with Gasteiger partial charge in [0, 0.05) is 38.5 Å². The number of benzene rings is 1. The van der Waals surface area contributed by atoms with Crippen LogP contribution in [0.1, 0.15) is 40.7 Å². The van der Waals surface area contributed by atoms with Crippen molar-refractivity contribution in [3.8, 4) is 0 Å². The molecule has 3 atom stereocenters. The number of hydrogen-bond acceptors (Lipinski definition) is 4. The van der Waals surface area contributed by atoms with Gasteiger partial charge < -0.3 is 19.7 Å². The first-order chi connectivity index (χ1) is 13.5. The molecule has 3 aliphatic heterocycles. The Morgan fingerprint density at radius 1 is 1.07 bits per heavy atom. The van der Waals surface area contributed by atoms with E-state index in [1.807, 2.05) is 30.9 Å². The number of likely N-dealkylation sites (tertiary alicyclic amines) is 1. The largest absolute Gasteiger partial charge is 0.381 e. The average Bonchev–Trinajstić information content (AvgIpc) is 3.28. The fraction of sp³-hybridized carbons (Fsp3) is 0.636. The van der Waals surface area contributed by atoms with E-state index in [1.165, 1.54) is 0 Å². The SMILES string of the molecule is Cc1cc(C)cc(C(=O)N2C[C@H](C(=O)NCC3CCOCC3)[C@H]3OCC[C@H]32)c1. The Balaban J connectivity index is 1.44. The quantitative estimate of drug-likeness (QED) is 0.860. The molecular weight excluding hydrogens is 356 g/mol. The van der Waals surface area contributed by atoms with E-state index < -0.39 is 0 Å². The highest BCUT2D eigenvalue weighted by Crippen LogP contribution is 2.35. The first-order valence-electron chi connectivity index (χ1n) is 10.4. The van der Waals surface area contributed by atoms with Crippen LogP contribution in [0.2, 0.25) is 0 Å². The Morgan fingerprint density at radius 2 is 1.79 bits per heavy atom. The van der Waals surface area contributed by atoms with E-state index >= 15 is 0 Å². The van der Waals surface area contributed by atoms with E-state index in [0.717, 1.165) is 43.6 Å². The molecule has 0 saturated carbocycles. The molecule has 0 aliphatic carbocycles. The summed E-state index contributed by atoms with van der Waals surface area (Å²) in [7, 11) is 0. The molecule has 28 heavy (non-hydrogen) atoms. The summed E-state index contributed by atoms with van der Waals surface area (Å²) in [5.74, 6) is 0.209. The number of fused-ring (bicyclic) bond motifs is 1. The number of hydrogen-bond donors (Lipinski definition) is 1. The number of rotatable bonds is 4. The van der Waals surface area contributed by atoms with Crippen molar-refractivity contribution in [2.75, 3.05) is 32.9 Å². The first-order valence-corrected chi connectivity index (χ1v) is 10.4. The zero-order chi connectivity index (χ0) is 19.7. The molecule has 1 aromatic carbocycles. The maximum atomic E-state index is 13.2. The van der Waals surface area contributed by atoms with E-state index in [2.05, 4.69) is 11.4 Å². The summed E-state index contributed by atoms with van der Waals surface area (Å²) < 4.78 is 11.3. The molecule has 3 heterocycles. The van der Waals surface area contributed by atoms with Crippen molar-refractivity contribution in [1.82, 2.24) is 10.2 Å². The first kappa shape index (κ1) is 19.4. The molecule has 3 aliphatic rings. The second-order valence-corrected chi connectivity index (χ2v) is 8.43. The van der Waals surface area contributed by atoms with Crippen molar-refractivity contribution in [3.63, 3.8) is 0 Å². The molecule has 0 spiro atoms. The van der Waals surface area contributed by atoms with Crippen molar-refractivity contribution in [3.05, 3.63) is 34.9 Å². The summed E-state index contributed by atoms with van der Waals surface area (Å²) in [5, 5.41) is 3.11. The second kappa shape index (κ2) is 8.21. The summed E-state index contributed by atoms with van der Waals surface area (Å²) in [6.45, 7) is 7.27. The van der Waals surface area contributed by atoms with Crippen LogP contribution < -0.4 is 5.32 Å². The van der Waals surface area contributed by atoms with Crippen molar-refractivity contribution in [1.29, 1.82) is 0 Å². The number of carbonyl (C=O) groups is 2.